The lowest BCUT2D eigenvalue weighted by Gasteiger charge is -2.32. The minimum atomic E-state index is -0.981. The fraction of sp³-hybridized carbons (Fsp3) is 0.600. The van der Waals surface area contributed by atoms with E-state index in [1.54, 1.807) is 7.11 Å². The van der Waals surface area contributed by atoms with Crippen LogP contribution in [-0.4, -0.2) is 24.9 Å². The van der Waals surface area contributed by atoms with Gasteiger partial charge in [0.05, 0.1) is 12.7 Å². The Morgan fingerprint density at radius 2 is 1.89 bits per heavy atom. The van der Waals surface area contributed by atoms with Gasteiger partial charge in [0.1, 0.15) is 11.4 Å². The molecule has 0 aliphatic carbocycles. The Morgan fingerprint density at radius 1 is 1.22 bits per heavy atom. The SMILES string of the molecule is COCC(O)(c1cccc(OC(C)C)c1)C(C)C. The van der Waals surface area contributed by atoms with E-state index in [0.717, 1.165) is 11.3 Å². The van der Waals surface area contributed by atoms with Crippen LogP contribution in [0.15, 0.2) is 24.3 Å². The maximum atomic E-state index is 10.7. The van der Waals surface area contributed by atoms with Crippen molar-refractivity contribution in [2.24, 2.45) is 5.92 Å². The number of ether oxygens (including phenoxy) is 2. The van der Waals surface area contributed by atoms with Gasteiger partial charge in [-0.15, -0.1) is 0 Å². The van der Waals surface area contributed by atoms with Crippen LogP contribution in [0.4, 0.5) is 0 Å². The topological polar surface area (TPSA) is 38.7 Å². The number of aliphatic hydroxyl groups is 1. The van der Waals surface area contributed by atoms with Gasteiger partial charge in [-0.3, -0.25) is 0 Å². The Labute approximate surface area is 110 Å². The molecule has 1 aromatic rings. The van der Waals surface area contributed by atoms with Gasteiger partial charge >= 0.3 is 0 Å². The molecule has 0 aromatic heterocycles. The summed E-state index contributed by atoms with van der Waals surface area (Å²) in [4.78, 5) is 0. The van der Waals surface area contributed by atoms with Crippen molar-refractivity contribution in [1.29, 1.82) is 0 Å². The van der Waals surface area contributed by atoms with Crippen molar-refractivity contribution in [3.63, 3.8) is 0 Å². The molecule has 1 atom stereocenters. The first-order valence-electron chi connectivity index (χ1n) is 6.38. The van der Waals surface area contributed by atoms with Gasteiger partial charge in [0, 0.05) is 7.11 Å². The quantitative estimate of drug-likeness (QED) is 0.846. The molecule has 18 heavy (non-hydrogen) atoms. The molecule has 0 heterocycles. The van der Waals surface area contributed by atoms with Gasteiger partial charge in [0.2, 0.25) is 0 Å². The molecule has 1 N–H and O–H groups in total. The normalized spacial score (nSPS) is 14.9. The van der Waals surface area contributed by atoms with Crippen molar-refractivity contribution in [3.05, 3.63) is 29.8 Å². The van der Waals surface area contributed by atoms with E-state index in [-0.39, 0.29) is 18.6 Å². The van der Waals surface area contributed by atoms with Gasteiger partial charge in [0.15, 0.2) is 0 Å². The molecule has 1 unspecified atom stereocenters. The van der Waals surface area contributed by atoms with Crippen LogP contribution in [0.3, 0.4) is 0 Å². The summed E-state index contributed by atoms with van der Waals surface area (Å²) in [5.74, 6) is 0.837. The summed E-state index contributed by atoms with van der Waals surface area (Å²) in [5, 5.41) is 10.7. The number of benzene rings is 1. The second-order valence-electron chi connectivity index (χ2n) is 5.21. The van der Waals surface area contributed by atoms with Gasteiger partial charge in [-0.25, -0.2) is 0 Å². The zero-order chi connectivity index (χ0) is 13.8. The average molecular weight is 252 g/mol. The molecule has 0 amide bonds. The van der Waals surface area contributed by atoms with Gasteiger partial charge in [-0.2, -0.15) is 0 Å². The van der Waals surface area contributed by atoms with Crippen molar-refractivity contribution in [3.8, 4) is 5.75 Å². The third-order valence-corrected chi connectivity index (χ3v) is 3.03. The molecule has 0 saturated heterocycles. The second-order valence-corrected chi connectivity index (χ2v) is 5.21. The van der Waals surface area contributed by atoms with Crippen LogP contribution in [0.5, 0.6) is 5.75 Å². The molecule has 1 aromatic carbocycles. The monoisotopic (exact) mass is 252 g/mol. The highest BCUT2D eigenvalue weighted by atomic mass is 16.5. The highest BCUT2D eigenvalue weighted by Crippen LogP contribution is 2.32. The van der Waals surface area contributed by atoms with Crippen molar-refractivity contribution < 1.29 is 14.6 Å². The Morgan fingerprint density at radius 3 is 2.39 bits per heavy atom. The van der Waals surface area contributed by atoms with E-state index >= 15 is 0 Å². The third kappa shape index (κ3) is 3.47. The van der Waals surface area contributed by atoms with Gasteiger partial charge in [0.25, 0.3) is 0 Å². The van der Waals surface area contributed by atoms with E-state index in [0.29, 0.717) is 0 Å². The smallest absolute Gasteiger partial charge is 0.120 e. The molecule has 102 valence electrons. The van der Waals surface area contributed by atoms with Crippen LogP contribution in [0, 0.1) is 5.92 Å². The average Bonchev–Trinajstić information content (AvgIpc) is 2.28. The minimum Gasteiger partial charge on any atom is -0.491 e. The van der Waals surface area contributed by atoms with Gasteiger partial charge in [-0.05, 0) is 37.5 Å². The molecule has 0 aliphatic heterocycles. The maximum Gasteiger partial charge on any atom is 0.120 e. The highest BCUT2D eigenvalue weighted by Gasteiger charge is 2.33. The van der Waals surface area contributed by atoms with Crippen molar-refractivity contribution in [2.75, 3.05) is 13.7 Å². The molecule has 0 fully saturated rings. The Hall–Kier alpha value is -1.06. The van der Waals surface area contributed by atoms with E-state index in [1.807, 2.05) is 52.0 Å². The number of rotatable bonds is 6. The predicted molar refractivity (Wildman–Crippen MR) is 72.8 cm³/mol. The van der Waals surface area contributed by atoms with Crippen molar-refractivity contribution in [1.82, 2.24) is 0 Å². The van der Waals surface area contributed by atoms with Crippen LogP contribution in [0.25, 0.3) is 0 Å². The summed E-state index contributed by atoms with van der Waals surface area (Å²) in [6, 6.07) is 7.60. The van der Waals surface area contributed by atoms with Gasteiger partial charge in [-0.1, -0.05) is 26.0 Å². The summed E-state index contributed by atoms with van der Waals surface area (Å²) < 4.78 is 10.8. The molecule has 1 rings (SSSR count). The molecule has 0 bridgehead atoms. The van der Waals surface area contributed by atoms with Crippen LogP contribution < -0.4 is 4.74 Å². The third-order valence-electron chi connectivity index (χ3n) is 3.03. The van der Waals surface area contributed by atoms with Crippen LogP contribution >= 0.6 is 0 Å². The molecule has 0 spiro atoms. The summed E-state index contributed by atoms with van der Waals surface area (Å²) >= 11 is 0. The lowest BCUT2D eigenvalue weighted by atomic mass is 9.84. The summed E-state index contributed by atoms with van der Waals surface area (Å²) in [6.45, 7) is 8.20. The summed E-state index contributed by atoms with van der Waals surface area (Å²) in [5.41, 5.74) is -0.150. The molecular formula is C15H24O3. The first-order valence-corrected chi connectivity index (χ1v) is 6.38. The molecule has 3 nitrogen and oxygen atoms in total. The lowest BCUT2D eigenvalue weighted by Crippen LogP contribution is -2.36. The molecule has 0 aliphatic rings. The minimum absolute atomic E-state index is 0.0618. The number of methoxy groups -OCH3 is 1. The zero-order valence-corrected chi connectivity index (χ0v) is 11.9. The predicted octanol–water partition coefficient (Wildman–Crippen LogP) is 2.96. The molecule has 0 radical (unpaired) electrons. The first-order chi connectivity index (χ1) is 8.40. The molecule has 0 saturated carbocycles. The fourth-order valence-corrected chi connectivity index (χ4v) is 1.91. The Balaban J connectivity index is 3.05. The number of hydrogen-bond acceptors (Lipinski definition) is 3. The highest BCUT2D eigenvalue weighted by molar-refractivity contribution is 5.33. The van der Waals surface area contributed by atoms with E-state index in [4.69, 9.17) is 9.47 Å². The second kappa shape index (κ2) is 6.21. The van der Waals surface area contributed by atoms with E-state index in [9.17, 15) is 5.11 Å². The first kappa shape index (κ1) is 15.0. The molecular weight excluding hydrogens is 228 g/mol. The lowest BCUT2D eigenvalue weighted by molar-refractivity contribution is -0.0701. The van der Waals surface area contributed by atoms with Gasteiger partial charge < -0.3 is 14.6 Å². The van der Waals surface area contributed by atoms with Crippen LogP contribution in [-0.2, 0) is 10.3 Å². The summed E-state index contributed by atoms with van der Waals surface area (Å²) in [7, 11) is 1.60. The van der Waals surface area contributed by atoms with Crippen molar-refractivity contribution >= 4 is 0 Å². The van der Waals surface area contributed by atoms with E-state index in [2.05, 4.69) is 0 Å². The largest absolute Gasteiger partial charge is 0.491 e. The van der Waals surface area contributed by atoms with Crippen molar-refractivity contribution in [2.45, 2.75) is 39.4 Å². The number of hydrogen-bond donors (Lipinski definition) is 1. The maximum absolute atomic E-state index is 10.7. The van der Waals surface area contributed by atoms with E-state index < -0.39 is 5.60 Å². The Kier molecular flexibility index (Phi) is 5.17. The standard InChI is InChI=1S/C15H24O3/c1-11(2)15(16,10-17-5)13-7-6-8-14(9-13)18-12(3)4/h6-9,11-12,16H,10H2,1-5H3. The van der Waals surface area contributed by atoms with Crippen LogP contribution in [0.2, 0.25) is 0 Å². The fourth-order valence-electron chi connectivity index (χ4n) is 1.91. The summed E-state index contributed by atoms with van der Waals surface area (Å²) in [6.07, 6.45) is 0.120. The zero-order valence-electron chi connectivity index (χ0n) is 11.9. The van der Waals surface area contributed by atoms with Crippen LogP contribution in [0.1, 0.15) is 33.3 Å². The molecule has 3 heteroatoms. The Bertz CT molecular complexity index is 374. The van der Waals surface area contributed by atoms with E-state index in [1.165, 1.54) is 0 Å².